The predicted octanol–water partition coefficient (Wildman–Crippen LogP) is 8.11. The molecule has 2 aromatic heterocycles. The van der Waals surface area contributed by atoms with Gasteiger partial charge in [0.2, 0.25) is 0 Å². The molecule has 0 aliphatic rings. The number of benzene rings is 3. The number of halogens is 1. The van der Waals surface area contributed by atoms with Crippen molar-refractivity contribution < 1.29 is 14.3 Å². The van der Waals surface area contributed by atoms with Crippen molar-refractivity contribution >= 4 is 70.7 Å². The standard InChI is InChI=1S/C24H16IO3S2/c25-23-14-11-17(29-23)15-27-24(26)28-16-9-12-18(13-10-16)30-21-7-3-1-5-19(21)20-6-2-4-8-22(20)30/h1-14H,15H2/q+1. The van der Waals surface area contributed by atoms with E-state index in [2.05, 4.69) is 71.1 Å². The molecule has 3 nitrogen and oxygen atoms in total. The lowest BCUT2D eigenvalue weighted by molar-refractivity contribution is 0.0937. The second-order valence-corrected chi connectivity index (χ2v) is 11.6. The van der Waals surface area contributed by atoms with E-state index >= 15 is 0 Å². The average molecular weight is 543 g/mol. The minimum atomic E-state index is -0.690. The van der Waals surface area contributed by atoms with Gasteiger partial charge in [0, 0.05) is 38.3 Å². The number of rotatable bonds is 4. The van der Waals surface area contributed by atoms with E-state index in [0.717, 1.165) is 7.76 Å². The fourth-order valence-corrected chi connectivity index (χ4v) is 7.48. The first kappa shape index (κ1) is 19.5. The van der Waals surface area contributed by atoms with E-state index in [1.54, 1.807) is 11.3 Å². The third-order valence-electron chi connectivity index (χ3n) is 4.73. The fourth-order valence-electron chi connectivity index (χ4n) is 3.44. The first-order valence-electron chi connectivity index (χ1n) is 9.31. The Balaban J connectivity index is 1.38. The zero-order valence-electron chi connectivity index (χ0n) is 15.7. The Kier molecular flexibility index (Phi) is 5.45. The smallest absolute Gasteiger partial charge is 0.428 e. The van der Waals surface area contributed by atoms with Gasteiger partial charge in [-0.25, -0.2) is 4.79 Å². The molecule has 0 bridgehead atoms. The summed E-state index contributed by atoms with van der Waals surface area (Å²) in [4.78, 5) is 14.2. The third kappa shape index (κ3) is 3.82. The maximum Gasteiger partial charge on any atom is 0.514 e. The monoisotopic (exact) mass is 543 g/mol. The molecule has 0 spiro atoms. The summed E-state index contributed by atoms with van der Waals surface area (Å²) in [5.41, 5.74) is 0. The summed E-state index contributed by atoms with van der Waals surface area (Å²) in [5.74, 6) is 0.480. The normalized spacial score (nSPS) is 11.1. The van der Waals surface area contributed by atoms with Crippen LogP contribution in [0.25, 0.3) is 25.1 Å². The predicted molar refractivity (Wildman–Crippen MR) is 133 cm³/mol. The first-order chi connectivity index (χ1) is 14.7. The summed E-state index contributed by atoms with van der Waals surface area (Å²) in [6.07, 6.45) is -0.690. The summed E-state index contributed by atoms with van der Waals surface area (Å²) in [6, 6.07) is 28.8. The summed E-state index contributed by atoms with van der Waals surface area (Å²) < 4.78 is 14.4. The van der Waals surface area contributed by atoms with Crippen LogP contribution in [0.5, 0.6) is 5.75 Å². The molecule has 3 aromatic carbocycles. The van der Waals surface area contributed by atoms with E-state index in [1.807, 2.05) is 36.4 Å². The molecule has 0 aliphatic heterocycles. The molecule has 30 heavy (non-hydrogen) atoms. The van der Waals surface area contributed by atoms with Crippen LogP contribution in [0.2, 0.25) is 0 Å². The second-order valence-electron chi connectivity index (χ2n) is 6.62. The number of hydrogen-bond acceptors (Lipinski definition) is 4. The van der Waals surface area contributed by atoms with Gasteiger partial charge in [-0.2, -0.15) is 0 Å². The Morgan fingerprint density at radius 2 is 1.47 bits per heavy atom. The minimum Gasteiger partial charge on any atom is -0.428 e. The highest BCUT2D eigenvalue weighted by Gasteiger charge is 2.23. The van der Waals surface area contributed by atoms with Crippen LogP contribution in [0.15, 0.2) is 84.9 Å². The van der Waals surface area contributed by atoms with Gasteiger partial charge in [0.15, 0.2) is 14.3 Å². The number of thiophene rings is 2. The van der Waals surface area contributed by atoms with Crippen LogP contribution < -0.4 is 4.74 Å². The van der Waals surface area contributed by atoms with E-state index in [1.165, 1.54) is 25.1 Å². The van der Waals surface area contributed by atoms with Gasteiger partial charge in [0.25, 0.3) is 0 Å². The Bertz CT molecular complexity index is 1300. The van der Waals surface area contributed by atoms with Gasteiger partial charge >= 0.3 is 6.16 Å². The maximum absolute atomic E-state index is 12.0. The lowest BCUT2D eigenvalue weighted by Gasteiger charge is -2.04. The van der Waals surface area contributed by atoms with E-state index in [0.29, 0.717) is 5.75 Å². The van der Waals surface area contributed by atoms with Crippen LogP contribution in [0.3, 0.4) is 0 Å². The van der Waals surface area contributed by atoms with Crippen molar-refractivity contribution in [3.8, 4) is 10.6 Å². The highest BCUT2D eigenvalue weighted by Crippen LogP contribution is 2.48. The van der Waals surface area contributed by atoms with Crippen LogP contribution in [-0.2, 0) is 11.3 Å². The Labute approximate surface area is 194 Å². The van der Waals surface area contributed by atoms with Crippen LogP contribution in [0, 0.1) is 2.88 Å². The Morgan fingerprint density at radius 1 is 0.833 bits per heavy atom. The molecule has 0 saturated heterocycles. The largest absolute Gasteiger partial charge is 0.514 e. The van der Waals surface area contributed by atoms with Gasteiger partial charge in [0.1, 0.15) is 12.4 Å². The number of fused-ring (bicyclic) bond motifs is 3. The Morgan fingerprint density at radius 3 is 2.07 bits per heavy atom. The molecule has 5 aromatic rings. The topological polar surface area (TPSA) is 35.5 Å². The number of ether oxygens (including phenoxy) is 2. The molecule has 0 radical (unpaired) electrons. The van der Waals surface area contributed by atoms with Gasteiger partial charge in [-0.1, -0.05) is 24.3 Å². The van der Waals surface area contributed by atoms with Crippen molar-refractivity contribution in [1.29, 1.82) is 0 Å². The van der Waals surface area contributed by atoms with Crippen molar-refractivity contribution in [1.82, 2.24) is 0 Å². The first-order valence-corrected chi connectivity index (χ1v) is 12.4. The molecule has 5 rings (SSSR count). The zero-order valence-corrected chi connectivity index (χ0v) is 19.5. The van der Waals surface area contributed by atoms with E-state index in [9.17, 15) is 4.79 Å². The molecule has 6 heteroatoms. The summed E-state index contributed by atoms with van der Waals surface area (Å²) in [6.45, 7) is 0.224. The molecular formula is C24H16IO3S2+. The van der Waals surface area contributed by atoms with Gasteiger partial charge in [-0.3, -0.25) is 0 Å². The number of hydrogen-bond donors (Lipinski definition) is 0. The summed E-state index contributed by atoms with van der Waals surface area (Å²) in [5, 5.41) is 2.59. The van der Waals surface area contributed by atoms with Crippen LogP contribution in [0.1, 0.15) is 4.88 Å². The van der Waals surface area contributed by atoms with E-state index < -0.39 is 6.16 Å². The van der Waals surface area contributed by atoms with Gasteiger partial charge < -0.3 is 9.47 Å². The molecule has 0 saturated carbocycles. The van der Waals surface area contributed by atoms with Crippen molar-refractivity contribution in [3.05, 3.63) is 92.7 Å². The second kappa shape index (κ2) is 8.37. The van der Waals surface area contributed by atoms with E-state index in [4.69, 9.17) is 9.47 Å². The van der Waals surface area contributed by atoms with Crippen LogP contribution in [-0.4, -0.2) is 6.16 Å². The van der Waals surface area contributed by atoms with Crippen LogP contribution >= 0.6 is 44.4 Å². The van der Waals surface area contributed by atoms with Gasteiger partial charge in [0.05, 0.1) is 2.88 Å². The Hall–Kier alpha value is -2.42. The zero-order chi connectivity index (χ0) is 20.5. The van der Waals surface area contributed by atoms with Crippen molar-refractivity contribution in [2.45, 2.75) is 6.61 Å². The molecule has 0 N–H and O–H groups in total. The maximum atomic E-state index is 12.0. The SMILES string of the molecule is O=C(OCc1ccc(I)s1)Oc1ccc(-[s+]2c3ccccc3c3ccccc32)cc1. The van der Waals surface area contributed by atoms with Crippen molar-refractivity contribution in [2.75, 3.05) is 0 Å². The molecule has 0 fully saturated rings. The van der Waals surface area contributed by atoms with Gasteiger partial charge in [-0.15, -0.1) is 11.3 Å². The number of carbonyl (C=O) groups is 1. The third-order valence-corrected chi connectivity index (χ3v) is 8.93. The summed E-state index contributed by atoms with van der Waals surface area (Å²) >= 11 is 3.84. The molecular weight excluding hydrogens is 527 g/mol. The minimum absolute atomic E-state index is 0.159. The molecule has 148 valence electrons. The lowest BCUT2D eigenvalue weighted by atomic mass is 10.2. The summed E-state index contributed by atoms with van der Waals surface area (Å²) in [7, 11) is -0.159. The fraction of sp³-hybridized carbons (Fsp3) is 0.0417. The van der Waals surface area contributed by atoms with E-state index in [-0.39, 0.29) is 17.1 Å². The number of carbonyl (C=O) groups excluding carboxylic acids is 1. The molecule has 2 heterocycles. The lowest BCUT2D eigenvalue weighted by Crippen LogP contribution is -2.09. The average Bonchev–Trinajstić information content (AvgIpc) is 3.34. The molecule has 0 unspecified atom stereocenters. The van der Waals surface area contributed by atoms with Gasteiger partial charge in [-0.05, 0) is 71.1 Å². The molecule has 0 aliphatic carbocycles. The highest BCUT2D eigenvalue weighted by atomic mass is 127. The van der Waals surface area contributed by atoms with Crippen LogP contribution in [0.4, 0.5) is 4.79 Å². The molecule has 0 atom stereocenters. The quantitative estimate of drug-likeness (QED) is 0.0995. The highest BCUT2D eigenvalue weighted by molar-refractivity contribution is 14.1. The molecule has 0 amide bonds. The van der Waals surface area contributed by atoms with Crippen molar-refractivity contribution in [3.63, 3.8) is 0 Å². The van der Waals surface area contributed by atoms with Crippen molar-refractivity contribution in [2.24, 2.45) is 0 Å².